The van der Waals surface area contributed by atoms with E-state index in [0.29, 0.717) is 6.61 Å². The van der Waals surface area contributed by atoms with Crippen LogP contribution >= 0.6 is 11.3 Å². The molecular formula is C21H25N5O2S. The lowest BCUT2D eigenvalue weighted by atomic mass is 9.96. The zero-order valence-corrected chi connectivity index (χ0v) is 17.3. The zero-order chi connectivity index (χ0) is 20.1. The summed E-state index contributed by atoms with van der Waals surface area (Å²) >= 11 is 1.60. The fourth-order valence-electron chi connectivity index (χ4n) is 3.69. The quantitative estimate of drug-likeness (QED) is 0.644. The van der Waals surface area contributed by atoms with Gasteiger partial charge in [0.25, 0.3) is 5.56 Å². The van der Waals surface area contributed by atoms with Crippen LogP contribution < -0.4 is 5.56 Å². The summed E-state index contributed by atoms with van der Waals surface area (Å²) in [5, 5.41) is 2.00. The van der Waals surface area contributed by atoms with Gasteiger partial charge >= 0.3 is 0 Å². The Bertz CT molecular complexity index is 971. The van der Waals surface area contributed by atoms with Crippen molar-refractivity contribution in [2.45, 2.75) is 31.7 Å². The Labute approximate surface area is 173 Å². The Morgan fingerprint density at radius 3 is 2.97 bits per heavy atom. The predicted octanol–water partition coefficient (Wildman–Crippen LogP) is 2.86. The van der Waals surface area contributed by atoms with Gasteiger partial charge < -0.3 is 9.72 Å². The van der Waals surface area contributed by atoms with Crippen LogP contribution in [0.4, 0.5) is 0 Å². The smallest absolute Gasteiger partial charge is 0.251 e. The second-order valence-corrected chi connectivity index (χ2v) is 8.27. The zero-order valence-electron chi connectivity index (χ0n) is 16.5. The molecule has 0 unspecified atom stereocenters. The molecular weight excluding hydrogens is 386 g/mol. The number of nitrogens with one attached hydrogen (secondary N) is 1. The van der Waals surface area contributed by atoms with Gasteiger partial charge in [-0.2, -0.15) is 0 Å². The van der Waals surface area contributed by atoms with Gasteiger partial charge in [0.1, 0.15) is 11.6 Å². The van der Waals surface area contributed by atoms with Crippen LogP contribution in [0.25, 0.3) is 10.6 Å². The highest BCUT2D eigenvalue weighted by Gasteiger charge is 2.24. The number of methoxy groups -OCH3 is 1. The molecule has 1 saturated heterocycles. The van der Waals surface area contributed by atoms with E-state index in [-0.39, 0.29) is 11.5 Å². The Kier molecular flexibility index (Phi) is 6.43. The summed E-state index contributed by atoms with van der Waals surface area (Å²) in [6.07, 6.45) is 6.63. The fraction of sp³-hybridized carbons (Fsp3) is 0.429. The summed E-state index contributed by atoms with van der Waals surface area (Å²) in [4.78, 5) is 32.2. The van der Waals surface area contributed by atoms with Gasteiger partial charge in [0, 0.05) is 56.6 Å². The van der Waals surface area contributed by atoms with E-state index in [1.807, 2.05) is 29.9 Å². The molecule has 0 spiro atoms. The molecule has 0 radical (unpaired) electrons. The molecule has 0 aromatic carbocycles. The highest BCUT2D eigenvalue weighted by Crippen LogP contribution is 2.27. The standard InChI is InChI=1S/C21H25N5O2S/c1-28-8-6-19-22-11-15(12-23-19)13-26-7-2-4-16(14-26)21-24-17(10-20(27)25-21)18-5-3-9-29-18/h3,5,9-12,16H,2,4,6-8,13-14H2,1H3,(H,24,25,27)/t16-/m0/s1. The highest BCUT2D eigenvalue weighted by atomic mass is 32.1. The van der Waals surface area contributed by atoms with Crippen LogP contribution in [0, 0.1) is 0 Å². The number of ether oxygens (including phenoxy) is 1. The molecule has 0 bridgehead atoms. The third kappa shape index (κ3) is 5.14. The van der Waals surface area contributed by atoms with E-state index in [0.717, 1.165) is 66.7 Å². The van der Waals surface area contributed by atoms with Gasteiger partial charge in [-0.3, -0.25) is 9.69 Å². The van der Waals surface area contributed by atoms with E-state index in [1.165, 1.54) is 0 Å². The maximum Gasteiger partial charge on any atom is 0.251 e. The molecule has 1 aliphatic rings. The van der Waals surface area contributed by atoms with Crippen molar-refractivity contribution in [1.29, 1.82) is 0 Å². The molecule has 0 amide bonds. The number of hydrogen-bond donors (Lipinski definition) is 1. The van der Waals surface area contributed by atoms with Crippen LogP contribution in [0.1, 0.15) is 36.0 Å². The Morgan fingerprint density at radius 1 is 1.34 bits per heavy atom. The van der Waals surface area contributed by atoms with Crippen molar-refractivity contribution in [3.05, 3.63) is 63.5 Å². The number of hydrogen-bond acceptors (Lipinski definition) is 7. The molecule has 1 atom stereocenters. The van der Waals surface area contributed by atoms with E-state index >= 15 is 0 Å². The first-order valence-corrected chi connectivity index (χ1v) is 10.8. The molecule has 1 fully saturated rings. The van der Waals surface area contributed by atoms with Crippen molar-refractivity contribution in [2.24, 2.45) is 0 Å². The van der Waals surface area contributed by atoms with Gasteiger partial charge in [0.15, 0.2) is 0 Å². The number of nitrogens with zero attached hydrogens (tertiary/aromatic N) is 4. The van der Waals surface area contributed by atoms with E-state index < -0.39 is 0 Å². The monoisotopic (exact) mass is 411 g/mol. The van der Waals surface area contributed by atoms with Gasteiger partial charge in [-0.05, 0) is 30.8 Å². The Hall–Kier alpha value is -2.42. The van der Waals surface area contributed by atoms with Gasteiger partial charge in [0.2, 0.25) is 0 Å². The summed E-state index contributed by atoms with van der Waals surface area (Å²) in [6.45, 7) is 3.32. The average Bonchev–Trinajstić information content (AvgIpc) is 3.28. The molecule has 8 heteroatoms. The Morgan fingerprint density at radius 2 is 2.21 bits per heavy atom. The summed E-state index contributed by atoms with van der Waals surface area (Å²) in [5.41, 5.74) is 1.77. The van der Waals surface area contributed by atoms with Crippen LogP contribution in [0.15, 0.2) is 40.8 Å². The van der Waals surface area contributed by atoms with E-state index in [4.69, 9.17) is 9.72 Å². The molecule has 3 aromatic rings. The van der Waals surface area contributed by atoms with Crippen LogP contribution in [-0.2, 0) is 17.7 Å². The fourth-order valence-corrected chi connectivity index (χ4v) is 4.37. The first-order valence-electron chi connectivity index (χ1n) is 9.87. The predicted molar refractivity (Wildman–Crippen MR) is 113 cm³/mol. The van der Waals surface area contributed by atoms with Gasteiger partial charge in [0.05, 0.1) is 17.2 Å². The topological polar surface area (TPSA) is 84.0 Å². The van der Waals surface area contributed by atoms with Crippen molar-refractivity contribution in [1.82, 2.24) is 24.8 Å². The first kappa shape index (κ1) is 19.9. The number of thiophene rings is 1. The molecule has 29 heavy (non-hydrogen) atoms. The van der Waals surface area contributed by atoms with Crippen LogP contribution in [0.3, 0.4) is 0 Å². The van der Waals surface area contributed by atoms with Crippen molar-refractivity contribution in [2.75, 3.05) is 26.8 Å². The minimum atomic E-state index is -0.0874. The van der Waals surface area contributed by atoms with Crippen molar-refractivity contribution in [3.63, 3.8) is 0 Å². The largest absolute Gasteiger partial charge is 0.384 e. The Balaban J connectivity index is 1.44. The van der Waals surface area contributed by atoms with Gasteiger partial charge in [-0.1, -0.05) is 6.07 Å². The summed E-state index contributed by atoms with van der Waals surface area (Å²) in [5.74, 6) is 1.81. The maximum atomic E-state index is 12.2. The highest BCUT2D eigenvalue weighted by molar-refractivity contribution is 7.13. The lowest BCUT2D eigenvalue weighted by molar-refractivity contribution is 0.195. The first-order chi connectivity index (χ1) is 14.2. The van der Waals surface area contributed by atoms with E-state index in [9.17, 15) is 4.79 Å². The molecule has 1 N–H and O–H groups in total. The lowest BCUT2D eigenvalue weighted by Crippen LogP contribution is -2.35. The minimum absolute atomic E-state index is 0.0874. The number of aromatic amines is 1. The van der Waals surface area contributed by atoms with Gasteiger partial charge in [-0.25, -0.2) is 15.0 Å². The maximum absolute atomic E-state index is 12.2. The normalized spacial score (nSPS) is 17.5. The molecule has 4 rings (SSSR count). The number of piperidine rings is 1. The number of likely N-dealkylation sites (tertiary alicyclic amines) is 1. The SMILES string of the molecule is COCCc1ncc(CN2CCC[C@H](c3nc(-c4cccs4)cc(=O)[nH]3)C2)cn1. The van der Waals surface area contributed by atoms with Crippen molar-refractivity contribution < 1.29 is 4.74 Å². The number of H-pyrrole nitrogens is 1. The lowest BCUT2D eigenvalue weighted by Gasteiger charge is -2.32. The summed E-state index contributed by atoms with van der Waals surface area (Å²) < 4.78 is 5.07. The molecule has 3 aromatic heterocycles. The third-order valence-corrected chi connectivity index (χ3v) is 6.01. The molecule has 0 saturated carbocycles. The summed E-state index contributed by atoms with van der Waals surface area (Å²) in [7, 11) is 1.68. The van der Waals surface area contributed by atoms with E-state index in [1.54, 1.807) is 24.5 Å². The van der Waals surface area contributed by atoms with Crippen LogP contribution in [0.5, 0.6) is 0 Å². The second-order valence-electron chi connectivity index (χ2n) is 7.32. The number of rotatable bonds is 7. The second kappa shape index (κ2) is 9.39. The summed E-state index contributed by atoms with van der Waals surface area (Å²) in [6, 6.07) is 5.56. The molecule has 1 aliphatic heterocycles. The van der Waals surface area contributed by atoms with Crippen LogP contribution in [-0.4, -0.2) is 51.6 Å². The van der Waals surface area contributed by atoms with Crippen molar-refractivity contribution >= 4 is 11.3 Å². The van der Waals surface area contributed by atoms with Crippen LogP contribution in [0.2, 0.25) is 0 Å². The minimum Gasteiger partial charge on any atom is -0.384 e. The molecule has 0 aliphatic carbocycles. The van der Waals surface area contributed by atoms with Crippen molar-refractivity contribution in [3.8, 4) is 10.6 Å². The number of aromatic nitrogens is 4. The molecule has 7 nitrogen and oxygen atoms in total. The third-order valence-electron chi connectivity index (χ3n) is 5.12. The average molecular weight is 412 g/mol. The van der Waals surface area contributed by atoms with Gasteiger partial charge in [-0.15, -0.1) is 11.3 Å². The molecule has 4 heterocycles. The molecule has 152 valence electrons. The van der Waals surface area contributed by atoms with E-state index in [2.05, 4.69) is 19.9 Å².